The Hall–Kier alpha value is -1.54. The Morgan fingerprint density at radius 2 is 1.67 bits per heavy atom. The molecule has 0 fully saturated rings. The lowest BCUT2D eigenvalue weighted by Gasteiger charge is -2.20. The summed E-state index contributed by atoms with van der Waals surface area (Å²) < 4.78 is 9.87. The van der Waals surface area contributed by atoms with E-state index in [1.165, 1.54) is 0 Å². The summed E-state index contributed by atoms with van der Waals surface area (Å²) in [5.74, 6) is -2.27. The van der Waals surface area contributed by atoms with Crippen LogP contribution in [0, 0.1) is 11.8 Å². The first-order valence-corrected chi connectivity index (χ1v) is 6.31. The Kier molecular flexibility index (Phi) is 8.67. The van der Waals surface area contributed by atoms with E-state index in [9.17, 15) is 9.59 Å². The Bertz CT molecular complexity index is 298. The van der Waals surface area contributed by atoms with Gasteiger partial charge < -0.3 is 9.47 Å². The SMILES string of the molecule is C=C=C[C@H](CCC)C(C(=O)OCC)C(=O)OCC. The lowest BCUT2D eigenvalue weighted by atomic mass is 9.88. The average molecular weight is 254 g/mol. The Morgan fingerprint density at radius 1 is 1.17 bits per heavy atom. The van der Waals surface area contributed by atoms with Crippen LogP contribution < -0.4 is 0 Å². The Labute approximate surface area is 109 Å². The van der Waals surface area contributed by atoms with E-state index in [-0.39, 0.29) is 19.1 Å². The molecule has 0 N–H and O–H groups in total. The summed E-state index contributed by atoms with van der Waals surface area (Å²) in [6, 6.07) is 0. The van der Waals surface area contributed by atoms with Gasteiger partial charge in [0.05, 0.1) is 13.2 Å². The molecule has 0 heterocycles. The summed E-state index contributed by atoms with van der Waals surface area (Å²) in [5, 5.41) is 0. The quantitative estimate of drug-likeness (QED) is 0.379. The van der Waals surface area contributed by atoms with Crippen LogP contribution in [0.25, 0.3) is 0 Å². The van der Waals surface area contributed by atoms with Crippen molar-refractivity contribution in [2.45, 2.75) is 33.6 Å². The molecule has 0 aromatic heterocycles. The molecule has 0 amide bonds. The zero-order valence-electron chi connectivity index (χ0n) is 11.4. The first-order chi connectivity index (χ1) is 8.62. The minimum atomic E-state index is -0.918. The van der Waals surface area contributed by atoms with Crippen molar-refractivity contribution >= 4 is 11.9 Å². The van der Waals surface area contributed by atoms with E-state index in [0.29, 0.717) is 6.42 Å². The van der Waals surface area contributed by atoms with E-state index in [4.69, 9.17) is 9.47 Å². The largest absolute Gasteiger partial charge is 0.465 e. The predicted molar refractivity (Wildman–Crippen MR) is 68.9 cm³/mol. The molecule has 0 unspecified atom stereocenters. The topological polar surface area (TPSA) is 52.6 Å². The van der Waals surface area contributed by atoms with Gasteiger partial charge in [-0.3, -0.25) is 9.59 Å². The monoisotopic (exact) mass is 254 g/mol. The summed E-state index contributed by atoms with van der Waals surface area (Å²) >= 11 is 0. The number of hydrogen-bond acceptors (Lipinski definition) is 4. The molecule has 4 heteroatoms. The molecular formula is C14H22O4. The lowest BCUT2D eigenvalue weighted by Crippen LogP contribution is -2.33. The van der Waals surface area contributed by atoms with Gasteiger partial charge in [-0.2, -0.15) is 0 Å². The van der Waals surface area contributed by atoms with Crippen LogP contribution >= 0.6 is 0 Å². The Morgan fingerprint density at radius 3 is 2.00 bits per heavy atom. The summed E-state index contributed by atoms with van der Waals surface area (Å²) in [6.45, 7) is 9.37. The second-order valence-corrected chi connectivity index (χ2v) is 3.81. The van der Waals surface area contributed by atoms with Gasteiger partial charge in [0.1, 0.15) is 0 Å². The molecule has 0 saturated heterocycles. The fourth-order valence-corrected chi connectivity index (χ4v) is 1.74. The highest BCUT2D eigenvalue weighted by atomic mass is 16.6. The van der Waals surface area contributed by atoms with Crippen molar-refractivity contribution in [2.75, 3.05) is 13.2 Å². The molecule has 0 rings (SSSR count). The van der Waals surface area contributed by atoms with Crippen molar-refractivity contribution in [1.29, 1.82) is 0 Å². The van der Waals surface area contributed by atoms with Crippen molar-refractivity contribution in [2.24, 2.45) is 11.8 Å². The zero-order valence-corrected chi connectivity index (χ0v) is 11.4. The number of rotatable bonds is 8. The first-order valence-electron chi connectivity index (χ1n) is 6.31. The van der Waals surface area contributed by atoms with Crippen LogP contribution in [-0.4, -0.2) is 25.2 Å². The van der Waals surface area contributed by atoms with E-state index in [1.807, 2.05) is 6.92 Å². The number of ether oxygens (including phenoxy) is 2. The molecule has 0 saturated carbocycles. The molecule has 0 radical (unpaired) electrons. The minimum Gasteiger partial charge on any atom is -0.465 e. The van der Waals surface area contributed by atoms with Crippen LogP contribution in [0.15, 0.2) is 18.4 Å². The van der Waals surface area contributed by atoms with Gasteiger partial charge in [-0.05, 0) is 26.3 Å². The molecule has 0 aliphatic rings. The van der Waals surface area contributed by atoms with E-state index in [0.717, 1.165) is 6.42 Å². The molecule has 0 spiro atoms. The number of esters is 2. The van der Waals surface area contributed by atoms with Crippen LogP contribution in [0.2, 0.25) is 0 Å². The van der Waals surface area contributed by atoms with Gasteiger partial charge >= 0.3 is 11.9 Å². The van der Waals surface area contributed by atoms with Gasteiger partial charge in [-0.25, -0.2) is 0 Å². The summed E-state index contributed by atoms with van der Waals surface area (Å²) in [5.41, 5.74) is 2.64. The van der Waals surface area contributed by atoms with Gasteiger partial charge in [0.25, 0.3) is 0 Å². The second-order valence-electron chi connectivity index (χ2n) is 3.81. The Balaban J connectivity index is 5.07. The summed E-state index contributed by atoms with van der Waals surface area (Å²) in [7, 11) is 0. The van der Waals surface area contributed by atoms with Crippen molar-refractivity contribution in [1.82, 2.24) is 0 Å². The van der Waals surface area contributed by atoms with Crippen molar-refractivity contribution in [3.8, 4) is 0 Å². The highest BCUT2D eigenvalue weighted by Gasteiger charge is 2.35. The molecule has 0 aromatic carbocycles. The maximum Gasteiger partial charge on any atom is 0.320 e. The third-order valence-electron chi connectivity index (χ3n) is 2.46. The molecule has 4 nitrogen and oxygen atoms in total. The van der Waals surface area contributed by atoms with Crippen LogP contribution in [0.5, 0.6) is 0 Å². The van der Waals surface area contributed by atoms with Gasteiger partial charge in [0, 0.05) is 5.92 Å². The molecule has 18 heavy (non-hydrogen) atoms. The van der Waals surface area contributed by atoms with E-state index in [2.05, 4.69) is 12.3 Å². The second kappa shape index (κ2) is 9.49. The van der Waals surface area contributed by atoms with Gasteiger partial charge in [0.2, 0.25) is 0 Å². The first kappa shape index (κ1) is 16.5. The van der Waals surface area contributed by atoms with Crippen LogP contribution in [0.3, 0.4) is 0 Å². The third kappa shape index (κ3) is 5.19. The maximum absolute atomic E-state index is 11.9. The van der Waals surface area contributed by atoms with Crippen LogP contribution in [-0.2, 0) is 19.1 Å². The predicted octanol–water partition coefficient (Wildman–Crippen LogP) is 2.49. The van der Waals surface area contributed by atoms with Gasteiger partial charge in [-0.15, -0.1) is 5.73 Å². The zero-order chi connectivity index (χ0) is 14.0. The number of carbonyl (C=O) groups excluding carboxylic acids is 2. The smallest absolute Gasteiger partial charge is 0.320 e. The number of carbonyl (C=O) groups is 2. The third-order valence-corrected chi connectivity index (χ3v) is 2.46. The van der Waals surface area contributed by atoms with Crippen LogP contribution in [0.4, 0.5) is 0 Å². The van der Waals surface area contributed by atoms with Crippen molar-refractivity contribution < 1.29 is 19.1 Å². The van der Waals surface area contributed by atoms with Crippen LogP contribution in [0.1, 0.15) is 33.6 Å². The van der Waals surface area contributed by atoms with Gasteiger partial charge in [0.15, 0.2) is 5.92 Å². The average Bonchev–Trinajstić information content (AvgIpc) is 2.30. The fourth-order valence-electron chi connectivity index (χ4n) is 1.74. The maximum atomic E-state index is 11.9. The van der Waals surface area contributed by atoms with E-state index < -0.39 is 17.9 Å². The molecule has 102 valence electrons. The van der Waals surface area contributed by atoms with E-state index in [1.54, 1.807) is 19.9 Å². The minimum absolute atomic E-state index is 0.241. The molecule has 0 aliphatic carbocycles. The van der Waals surface area contributed by atoms with Gasteiger partial charge in [-0.1, -0.05) is 19.9 Å². The number of hydrogen-bond donors (Lipinski definition) is 0. The molecular weight excluding hydrogens is 232 g/mol. The highest BCUT2D eigenvalue weighted by molar-refractivity contribution is 5.95. The van der Waals surface area contributed by atoms with Crippen molar-refractivity contribution in [3.63, 3.8) is 0 Å². The lowest BCUT2D eigenvalue weighted by molar-refractivity contribution is -0.163. The fraction of sp³-hybridized carbons (Fsp3) is 0.643. The molecule has 0 aliphatic heterocycles. The molecule has 0 bridgehead atoms. The standard InChI is InChI=1S/C14H22O4/c1-5-9-11(10-6-2)12(13(15)17-7-3)14(16)18-8-4/h9,11-12H,1,6-8,10H2,2-4H3/t11-/m1/s1. The number of allylic oxidation sites excluding steroid dienone is 1. The summed E-state index contributed by atoms with van der Waals surface area (Å²) in [4.78, 5) is 23.7. The molecule has 0 aromatic rings. The van der Waals surface area contributed by atoms with E-state index >= 15 is 0 Å². The highest BCUT2D eigenvalue weighted by Crippen LogP contribution is 2.22. The normalized spacial score (nSPS) is 11.6. The van der Waals surface area contributed by atoms with Crippen molar-refractivity contribution in [3.05, 3.63) is 18.4 Å². The summed E-state index contributed by atoms with van der Waals surface area (Å²) in [6.07, 6.45) is 3.17. The molecule has 1 atom stereocenters.